The highest BCUT2D eigenvalue weighted by atomic mass is 16.5. The number of oxazole rings is 1. The maximum atomic E-state index is 11.5. The van der Waals surface area contributed by atoms with Crippen molar-refractivity contribution < 1.29 is 18.7 Å². The van der Waals surface area contributed by atoms with Crippen molar-refractivity contribution in [1.82, 2.24) is 4.98 Å². The summed E-state index contributed by atoms with van der Waals surface area (Å²) in [5.41, 5.74) is 5.67. The Morgan fingerprint density at radius 3 is 3.00 bits per heavy atom. The summed E-state index contributed by atoms with van der Waals surface area (Å²) >= 11 is 0. The third kappa shape index (κ3) is 2.26. The first-order valence-electron chi connectivity index (χ1n) is 5.68. The second-order valence-electron chi connectivity index (χ2n) is 3.96. The van der Waals surface area contributed by atoms with Crippen LogP contribution in [0.1, 0.15) is 42.6 Å². The van der Waals surface area contributed by atoms with Gasteiger partial charge in [0.15, 0.2) is 0 Å². The topological polar surface area (TPSA) is 87.6 Å². The van der Waals surface area contributed by atoms with E-state index in [0.717, 1.165) is 6.42 Å². The third-order valence-electron chi connectivity index (χ3n) is 2.83. The molecule has 0 aliphatic carbocycles. The van der Waals surface area contributed by atoms with Crippen LogP contribution < -0.4 is 5.73 Å². The number of hydrogen-bond donors (Lipinski definition) is 1. The predicted octanol–water partition coefficient (Wildman–Crippen LogP) is 1.33. The molecule has 0 spiro atoms. The van der Waals surface area contributed by atoms with Gasteiger partial charge in [0.25, 0.3) is 0 Å². The lowest BCUT2D eigenvalue weighted by atomic mass is 10.0. The minimum Gasteiger partial charge on any atom is -0.461 e. The fourth-order valence-electron chi connectivity index (χ4n) is 1.91. The molecule has 6 nitrogen and oxygen atoms in total. The quantitative estimate of drug-likeness (QED) is 0.802. The Hall–Kier alpha value is -1.56. The standard InChI is InChI=1S/C11H16N2O4/c1-3-15-11(14)8-9(12)17-10(13-8)7-4-5-16-6(7)2/h6-7H,3-5,12H2,1-2H3. The van der Waals surface area contributed by atoms with Crippen LogP contribution in [0.2, 0.25) is 0 Å². The number of ether oxygens (including phenoxy) is 2. The highest BCUT2D eigenvalue weighted by Gasteiger charge is 2.32. The first-order chi connectivity index (χ1) is 8.13. The van der Waals surface area contributed by atoms with Crippen molar-refractivity contribution in [2.24, 2.45) is 0 Å². The summed E-state index contributed by atoms with van der Waals surface area (Å²) < 4.78 is 15.6. The van der Waals surface area contributed by atoms with Gasteiger partial charge in [0.1, 0.15) is 0 Å². The Labute approximate surface area is 99.1 Å². The highest BCUT2D eigenvalue weighted by molar-refractivity contribution is 5.91. The zero-order valence-corrected chi connectivity index (χ0v) is 9.93. The summed E-state index contributed by atoms with van der Waals surface area (Å²) in [6.07, 6.45) is 0.853. The highest BCUT2D eigenvalue weighted by Crippen LogP contribution is 2.32. The predicted molar refractivity (Wildman–Crippen MR) is 59.6 cm³/mol. The van der Waals surface area contributed by atoms with Crippen molar-refractivity contribution in [3.05, 3.63) is 11.6 Å². The molecule has 0 saturated carbocycles. The van der Waals surface area contributed by atoms with E-state index in [1.54, 1.807) is 6.92 Å². The van der Waals surface area contributed by atoms with Gasteiger partial charge in [-0.25, -0.2) is 9.78 Å². The summed E-state index contributed by atoms with van der Waals surface area (Å²) in [7, 11) is 0. The summed E-state index contributed by atoms with van der Waals surface area (Å²) in [4.78, 5) is 15.6. The molecule has 6 heteroatoms. The molecule has 0 radical (unpaired) electrons. The van der Waals surface area contributed by atoms with Gasteiger partial charge in [0.05, 0.1) is 18.6 Å². The molecule has 1 aliphatic heterocycles. The molecule has 94 valence electrons. The number of carbonyl (C=O) groups excluding carboxylic acids is 1. The number of anilines is 1. The van der Waals surface area contributed by atoms with Crippen molar-refractivity contribution in [3.63, 3.8) is 0 Å². The van der Waals surface area contributed by atoms with Crippen molar-refractivity contribution in [3.8, 4) is 0 Å². The van der Waals surface area contributed by atoms with E-state index in [-0.39, 0.29) is 30.2 Å². The van der Waals surface area contributed by atoms with Gasteiger partial charge >= 0.3 is 5.97 Å². The Bertz CT molecular complexity index is 416. The zero-order chi connectivity index (χ0) is 12.4. The number of rotatable bonds is 3. The zero-order valence-electron chi connectivity index (χ0n) is 9.93. The molecule has 2 unspecified atom stereocenters. The molecule has 0 bridgehead atoms. The van der Waals surface area contributed by atoms with Gasteiger partial charge in [0, 0.05) is 6.61 Å². The first kappa shape index (κ1) is 11.9. The Balaban J connectivity index is 2.21. The van der Waals surface area contributed by atoms with Crippen LogP contribution in [0.3, 0.4) is 0 Å². The third-order valence-corrected chi connectivity index (χ3v) is 2.83. The number of nitrogens with two attached hydrogens (primary N) is 1. The molecule has 1 aromatic rings. The fourth-order valence-corrected chi connectivity index (χ4v) is 1.91. The molecule has 1 saturated heterocycles. The van der Waals surface area contributed by atoms with Gasteiger partial charge in [-0.3, -0.25) is 0 Å². The van der Waals surface area contributed by atoms with E-state index in [1.165, 1.54) is 0 Å². The summed E-state index contributed by atoms with van der Waals surface area (Å²) in [6, 6.07) is 0. The normalized spacial score (nSPS) is 23.9. The largest absolute Gasteiger partial charge is 0.461 e. The fraction of sp³-hybridized carbons (Fsp3) is 0.636. The number of nitrogen functional groups attached to an aromatic ring is 1. The van der Waals surface area contributed by atoms with Crippen LogP contribution in [0.15, 0.2) is 4.42 Å². The second kappa shape index (κ2) is 4.75. The number of aromatic nitrogens is 1. The Kier molecular flexibility index (Phi) is 3.33. The smallest absolute Gasteiger partial charge is 0.362 e. The van der Waals surface area contributed by atoms with Gasteiger partial charge in [-0.2, -0.15) is 0 Å². The van der Waals surface area contributed by atoms with E-state index >= 15 is 0 Å². The summed E-state index contributed by atoms with van der Waals surface area (Å²) in [5, 5.41) is 0. The first-order valence-corrected chi connectivity index (χ1v) is 5.68. The molecule has 0 aromatic carbocycles. The van der Waals surface area contributed by atoms with E-state index in [9.17, 15) is 4.79 Å². The summed E-state index contributed by atoms with van der Waals surface area (Å²) in [6.45, 7) is 4.62. The lowest BCUT2D eigenvalue weighted by molar-refractivity contribution is 0.0520. The molecule has 1 aromatic heterocycles. The van der Waals surface area contributed by atoms with Crippen LogP contribution in [-0.2, 0) is 9.47 Å². The number of hydrogen-bond acceptors (Lipinski definition) is 6. The SMILES string of the molecule is CCOC(=O)c1nc(C2CCOC2C)oc1N. The van der Waals surface area contributed by atoms with Crippen LogP contribution in [0.5, 0.6) is 0 Å². The van der Waals surface area contributed by atoms with E-state index in [2.05, 4.69) is 4.98 Å². The van der Waals surface area contributed by atoms with Crippen LogP contribution in [0.4, 0.5) is 5.88 Å². The van der Waals surface area contributed by atoms with Crippen LogP contribution in [0.25, 0.3) is 0 Å². The minimum absolute atomic E-state index is 0.0116. The van der Waals surface area contributed by atoms with Crippen LogP contribution in [-0.4, -0.2) is 30.3 Å². The lowest BCUT2D eigenvalue weighted by Gasteiger charge is -2.08. The molecule has 0 amide bonds. The van der Waals surface area contributed by atoms with Crippen LogP contribution in [0, 0.1) is 0 Å². The van der Waals surface area contributed by atoms with Crippen molar-refractivity contribution in [2.45, 2.75) is 32.3 Å². The molecular formula is C11H16N2O4. The molecular weight excluding hydrogens is 224 g/mol. The summed E-state index contributed by atoms with van der Waals surface area (Å²) in [5.74, 6) is -0.0276. The molecule has 1 aliphatic rings. The van der Waals surface area contributed by atoms with Gasteiger partial charge in [-0.1, -0.05) is 0 Å². The Morgan fingerprint density at radius 1 is 1.65 bits per heavy atom. The van der Waals surface area contributed by atoms with Gasteiger partial charge in [-0.15, -0.1) is 0 Å². The van der Waals surface area contributed by atoms with Crippen molar-refractivity contribution >= 4 is 11.9 Å². The molecule has 2 atom stereocenters. The van der Waals surface area contributed by atoms with Gasteiger partial charge in [-0.05, 0) is 20.3 Å². The average molecular weight is 240 g/mol. The molecule has 2 rings (SSSR count). The van der Waals surface area contributed by atoms with Crippen LogP contribution >= 0.6 is 0 Å². The lowest BCUT2D eigenvalue weighted by Crippen LogP contribution is -2.11. The van der Waals surface area contributed by atoms with E-state index in [1.807, 2.05) is 6.92 Å². The maximum absolute atomic E-state index is 11.5. The van der Waals surface area contributed by atoms with Gasteiger partial charge < -0.3 is 19.6 Å². The van der Waals surface area contributed by atoms with Gasteiger partial charge in [0.2, 0.25) is 17.5 Å². The maximum Gasteiger partial charge on any atom is 0.362 e. The monoisotopic (exact) mass is 240 g/mol. The molecule has 2 heterocycles. The van der Waals surface area contributed by atoms with Crippen molar-refractivity contribution in [2.75, 3.05) is 18.9 Å². The molecule has 17 heavy (non-hydrogen) atoms. The van der Waals surface area contributed by atoms with Crippen molar-refractivity contribution in [1.29, 1.82) is 0 Å². The Morgan fingerprint density at radius 2 is 2.41 bits per heavy atom. The number of esters is 1. The number of carbonyl (C=O) groups is 1. The van der Waals surface area contributed by atoms with E-state index < -0.39 is 5.97 Å². The second-order valence-corrected chi connectivity index (χ2v) is 3.96. The average Bonchev–Trinajstić information content (AvgIpc) is 2.84. The molecule has 2 N–H and O–H groups in total. The minimum atomic E-state index is -0.549. The van der Waals surface area contributed by atoms with E-state index in [4.69, 9.17) is 19.6 Å². The molecule has 1 fully saturated rings. The number of nitrogens with zero attached hydrogens (tertiary/aromatic N) is 1. The van der Waals surface area contributed by atoms with E-state index in [0.29, 0.717) is 12.5 Å².